The van der Waals surface area contributed by atoms with Crippen LogP contribution in [0.25, 0.3) is 0 Å². The Labute approximate surface area is 162 Å². The lowest BCUT2D eigenvalue weighted by molar-refractivity contribution is 0.605. The van der Waals surface area contributed by atoms with Crippen LogP contribution in [0.1, 0.15) is 28.3 Å². The van der Waals surface area contributed by atoms with E-state index in [9.17, 15) is 0 Å². The zero-order valence-electron chi connectivity index (χ0n) is 14.0. The highest BCUT2D eigenvalue weighted by molar-refractivity contribution is 5.85. The van der Waals surface area contributed by atoms with Gasteiger partial charge in [-0.05, 0) is 22.3 Å². The molecule has 0 heterocycles. The molecule has 0 aromatic heterocycles. The van der Waals surface area contributed by atoms with Crippen molar-refractivity contribution in [2.45, 2.75) is 19.1 Å². The largest absolute Gasteiger partial charge is 0.326 e. The SMILES string of the molecule is Cl.Cl.NCc1ccc(CNC(c2ccccc2)c2ccccc2)cc1. The molecule has 0 saturated heterocycles. The molecule has 0 bridgehead atoms. The Morgan fingerprint density at radius 3 is 1.52 bits per heavy atom. The van der Waals surface area contributed by atoms with E-state index in [1.807, 2.05) is 0 Å². The van der Waals surface area contributed by atoms with E-state index in [2.05, 4.69) is 90.2 Å². The lowest BCUT2D eigenvalue weighted by Crippen LogP contribution is -2.22. The third-order valence-corrected chi connectivity index (χ3v) is 4.03. The minimum atomic E-state index is 0. The Kier molecular flexibility index (Phi) is 9.25. The fraction of sp³-hybridized carbons (Fsp3) is 0.143. The van der Waals surface area contributed by atoms with Gasteiger partial charge >= 0.3 is 0 Å². The first-order valence-electron chi connectivity index (χ1n) is 7.98. The van der Waals surface area contributed by atoms with Gasteiger partial charge in [0.2, 0.25) is 0 Å². The fourth-order valence-electron chi connectivity index (χ4n) is 2.73. The van der Waals surface area contributed by atoms with Crippen LogP contribution in [0.3, 0.4) is 0 Å². The Bertz CT molecular complexity index is 676. The molecule has 2 nitrogen and oxygen atoms in total. The van der Waals surface area contributed by atoms with Crippen molar-refractivity contribution in [3.05, 3.63) is 107 Å². The number of hydrogen-bond acceptors (Lipinski definition) is 2. The molecule has 132 valence electrons. The van der Waals surface area contributed by atoms with E-state index >= 15 is 0 Å². The molecule has 3 rings (SSSR count). The molecule has 0 saturated carbocycles. The van der Waals surface area contributed by atoms with Crippen LogP contribution in [-0.4, -0.2) is 0 Å². The van der Waals surface area contributed by atoms with Crippen LogP contribution in [0.4, 0.5) is 0 Å². The number of nitrogens with one attached hydrogen (secondary N) is 1. The first-order chi connectivity index (χ1) is 11.4. The molecule has 0 aliphatic heterocycles. The van der Waals surface area contributed by atoms with Crippen molar-refractivity contribution in [2.75, 3.05) is 0 Å². The second-order valence-electron chi connectivity index (χ2n) is 5.66. The molecule has 0 aliphatic rings. The highest BCUT2D eigenvalue weighted by Gasteiger charge is 2.12. The lowest BCUT2D eigenvalue weighted by Gasteiger charge is -2.20. The van der Waals surface area contributed by atoms with Gasteiger partial charge in [0.25, 0.3) is 0 Å². The number of rotatable bonds is 6. The molecule has 0 aliphatic carbocycles. The van der Waals surface area contributed by atoms with Crippen LogP contribution in [0.15, 0.2) is 84.9 Å². The van der Waals surface area contributed by atoms with Crippen molar-refractivity contribution >= 4 is 24.8 Å². The molecule has 3 N–H and O–H groups in total. The molecule has 4 heteroatoms. The van der Waals surface area contributed by atoms with Gasteiger partial charge in [0.1, 0.15) is 0 Å². The Balaban J connectivity index is 0.00000156. The van der Waals surface area contributed by atoms with Gasteiger partial charge in [-0.15, -0.1) is 24.8 Å². The minimum Gasteiger partial charge on any atom is -0.326 e. The summed E-state index contributed by atoms with van der Waals surface area (Å²) in [4.78, 5) is 0. The summed E-state index contributed by atoms with van der Waals surface area (Å²) in [6.07, 6.45) is 0. The fourth-order valence-corrected chi connectivity index (χ4v) is 2.73. The summed E-state index contributed by atoms with van der Waals surface area (Å²) in [6.45, 7) is 1.41. The minimum absolute atomic E-state index is 0. The highest BCUT2D eigenvalue weighted by atomic mass is 35.5. The van der Waals surface area contributed by atoms with Gasteiger partial charge in [-0.1, -0.05) is 84.9 Å². The Morgan fingerprint density at radius 2 is 1.08 bits per heavy atom. The van der Waals surface area contributed by atoms with E-state index in [1.54, 1.807) is 0 Å². The summed E-state index contributed by atoms with van der Waals surface area (Å²) in [5, 5.41) is 3.67. The van der Waals surface area contributed by atoms with E-state index < -0.39 is 0 Å². The van der Waals surface area contributed by atoms with Gasteiger partial charge in [0.15, 0.2) is 0 Å². The summed E-state index contributed by atoms with van der Waals surface area (Å²) >= 11 is 0. The standard InChI is InChI=1S/C21H22N2.2ClH/c22-15-17-11-13-18(14-12-17)16-23-21(19-7-3-1-4-8-19)20-9-5-2-6-10-20;;/h1-14,21,23H,15-16,22H2;2*1H. The van der Waals surface area contributed by atoms with Crippen LogP contribution in [0.2, 0.25) is 0 Å². The molecule has 0 amide bonds. The molecule has 0 fully saturated rings. The molecule has 0 atom stereocenters. The van der Waals surface area contributed by atoms with E-state index in [0.717, 1.165) is 12.1 Å². The molecule has 0 unspecified atom stereocenters. The molecular formula is C21H24Cl2N2. The number of hydrogen-bond donors (Lipinski definition) is 2. The normalized spacial score (nSPS) is 10.0. The number of benzene rings is 3. The molecule has 0 spiro atoms. The van der Waals surface area contributed by atoms with Crippen LogP contribution in [0, 0.1) is 0 Å². The van der Waals surface area contributed by atoms with Crippen molar-refractivity contribution in [1.29, 1.82) is 0 Å². The van der Waals surface area contributed by atoms with Gasteiger partial charge in [-0.3, -0.25) is 0 Å². The average molecular weight is 375 g/mol. The second-order valence-corrected chi connectivity index (χ2v) is 5.66. The zero-order chi connectivity index (χ0) is 15.9. The Morgan fingerprint density at radius 1 is 0.640 bits per heavy atom. The predicted molar refractivity (Wildman–Crippen MR) is 110 cm³/mol. The van der Waals surface area contributed by atoms with Gasteiger partial charge in [-0.2, -0.15) is 0 Å². The van der Waals surface area contributed by atoms with Crippen LogP contribution in [-0.2, 0) is 13.1 Å². The molecule has 3 aromatic rings. The maximum atomic E-state index is 5.66. The average Bonchev–Trinajstić information content (AvgIpc) is 2.64. The van der Waals surface area contributed by atoms with Crippen molar-refractivity contribution in [3.8, 4) is 0 Å². The molecule has 3 aromatic carbocycles. The van der Waals surface area contributed by atoms with E-state index in [-0.39, 0.29) is 30.9 Å². The van der Waals surface area contributed by atoms with E-state index in [1.165, 1.54) is 16.7 Å². The smallest absolute Gasteiger partial charge is 0.0579 e. The maximum Gasteiger partial charge on any atom is 0.0579 e. The summed E-state index contributed by atoms with van der Waals surface area (Å²) in [7, 11) is 0. The summed E-state index contributed by atoms with van der Waals surface area (Å²) in [5.74, 6) is 0. The quantitative estimate of drug-likeness (QED) is 0.645. The Hall–Kier alpha value is -1.84. The maximum absolute atomic E-state index is 5.66. The van der Waals surface area contributed by atoms with Crippen LogP contribution < -0.4 is 11.1 Å². The highest BCUT2D eigenvalue weighted by Crippen LogP contribution is 2.22. The third kappa shape index (κ3) is 5.87. The predicted octanol–water partition coefficient (Wildman–Crippen LogP) is 4.87. The van der Waals surface area contributed by atoms with Crippen molar-refractivity contribution < 1.29 is 0 Å². The summed E-state index contributed by atoms with van der Waals surface area (Å²) in [5.41, 5.74) is 10.6. The number of halogens is 2. The van der Waals surface area contributed by atoms with Gasteiger partial charge in [0, 0.05) is 13.1 Å². The van der Waals surface area contributed by atoms with E-state index in [0.29, 0.717) is 6.54 Å². The van der Waals surface area contributed by atoms with Crippen LogP contribution in [0.5, 0.6) is 0 Å². The summed E-state index contributed by atoms with van der Waals surface area (Å²) < 4.78 is 0. The molecule has 0 radical (unpaired) electrons. The van der Waals surface area contributed by atoms with E-state index in [4.69, 9.17) is 5.73 Å². The first-order valence-corrected chi connectivity index (χ1v) is 7.98. The zero-order valence-corrected chi connectivity index (χ0v) is 15.6. The summed E-state index contributed by atoms with van der Waals surface area (Å²) in [6, 6.07) is 29.8. The van der Waals surface area contributed by atoms with Gasteiger partial charge in [-0.25, -0.2) is 0 Å². The molecular weight excluding hydrogens is 351 g/mol. The molecule has 25 heavy (non-hydrogen) atoms. The topological polar surface area (TPSA) is 38.0 Å². The lowest BCUT2D eigenvalue weighted by atomic mass is 9.98. The van der Waals surface area contributed by atoms with Gasteiger partial charge in [0.05, 0.1) is 6.04 Å². The van der Waals surface area contributed by atoms with Gasteiger partial charge < -0.3 is 11.1 Å². The van der Waals surface area contributed by atoms with Crippen molar-refractivity contribution in [2.24, 2.45) is 5.73 Å². The first kappa shape index (κ1) is 21.2. The monoisotopic (exact) mass is 374 g/mol. The third-order valence-electron chi connectivity index (χ3n) is 4.03. The number of nitrogens with two attached hydrogens (primary N) is 1. The van der Waals surface area contributed by atoms with Crippen LogP contribution >= 0.6 is 24.8 Å². The van der Waals surface area contributed by atoms with Crippen molar-refractivity contribution in [1.82, 2.24) is 5.32 Å². The second kappa shape index (κ2) is 10.9. The van der Waals surface area contributed by atoms with Crippen molar-refractivity contribution in [3.63, 3.8) is 0 Å².